The number of carbonyl (C=O) groups excluding carboxylic acids is 2. The molecule has 1 heterocycles. The molecule has 0 bridgehead atoms. The van der Waals surface area contributed by atoms with Gasteiger partial charge in [0, 0.05) is 5.92 Å². The van der Waals surface area contributed by atoms with Gasteiger partial charge in [0.1, 0.15) is 37.6 Å². The van der Waals surface area contributed by atoms with E-state index in [0.29, 0.717) is 0 Å². The fourth-order valence-corrected chi connectivity index (χ4v) is 4.59. The van der Waals surface area contributed by atoms with Gasteiger partial charge in [-0.3, -0.25) is 0 Å². The molecule has 0 radical (unpaired) electrons. The molecule has 204 valence electrons. The van der Waals surface area contributed by atoms with Gasteiger partial charge in [0.05, 0.1) is 13.2 Å². The molecule has 1 amide bonds. The number of hydrogen-bond acceptors (Lipinski definition) is 10. The fraction of sp³-hybridized carbons (Fsp3) is 0.407. The third-order valence-electron chi connectivity index (χ3n) is 6.54. The highest BCUT2D eigenvalue weighted by Gasteiger charge is 2.44. The number of benzene rings is 2. The number of aliphatic hydroxyl groups excluding tert-OH is 4. The summed E-state index contributed by atoms with van der Waals surface area (Å²) in [5.74, 6) is -1.05. The first-order valence-electron chi connectivity index (χ1n) is 12.2. The lowest BCUT2D eigenvalue weighted by atomic mass is 9.98. The number of nitrogens with one attached hydrogen (secondary N) is 1. The van der Waals surface area contributed by atoms with Crippen LogP contribution in [0, 0.1) is 0 Å². The molecule has 11 heteroatoms. The van der Waals surface area contributed by atoms with Crippen LogP contribution in [-0.2, 0) is 23.7 Å². The second-order valence-corrected chi connectivity index (χ2v) is 8.97. The largest absolute Gasteiger partial charge is 0.460 e. The molecule has 38 heavy (non-hydrogen) atoms. The summed E-state index contributed by atoms with van der Waals surface area (Å²) in [7, 11) is 0. The molecular formula is C27H31NO10. The zero-order valence-corrected chi connectivity index (χ0v) is 20.5. The predicted molar refractivity (Wildman–Crippen MR) is 133 cm³/mol. The van der Waals surface area contributed by atoms with E-state index in [2.05, 4.69) is 11.9 Å². The SMILES string of the molecule is C=CCOC(=O)[C@H](CO[C@H]1O[C@H](CO)[C@@H](O)[C@H](O)[C@H]1O)NC(=O)OCC1c2ccccc2-c2ccccc21. The Morgan fingerprint density at radius 2 is 1.61 bits per heavy atom. The molecule has 0 aromatic heterocycles. The number of fused-ring (bicyclic) bond motifs is 3. The van der Waals surface area contributed by atoms with Crippen LogP contribution in [0.15, 0.2) is 61.2 Å². The Kier molecular flexibility index (Phi) is 9.10. The first-order chi connectivity index (χ1) is 18.3. The van der Waals surface area contributed by atoms with Gasteiger partial charge in [-0.05, 0) is 22.3 Å². The van der Waals surface area contributed by atoms with Crippen LogP contribution in [0.5, 0.6) is 0 Å². The first-order valence-corrected chi connectivity index (χ1v) is 12.2. The summed E-state index contributed by atoms with van der Waals surface area (Å²) in [5.41, 5.74) is 4.18. The van der Waals surface area contributed by atoms with E-state index in [1.165, 1.54) is 6.08 Å². The average Bonchev–Trinajstić information content (AvgIpc) is 3.26. The Bertz CT molecular complexity index is 1090. The molecule has 0 unspecified atom stereocenters. The van der Waals surface area contributed by atoms with Crippen molar-refractivity contribution >= 4 is 12.1 Å². The van der Waals surface area contributed by atoms with E-state index in [9.17, 15) is 30.0 Å². The molecule has 2 aromatic carbocycles. The van der Waals surface area contributed by atoms with Gasteiger partial charge in [-0.25, -0.2) is 9.59 Å². The number of hydrogen-bond donors (Lipinski definition) is 5. The first kappa shape index (κ1) is 27.7. The summed E-state index contributed by atoms with van der Waals surface area (Å²) in [4.78, 5) is 25.3. The molecule has 11 nitrogen and oxygen atoms in total. The fourth-order valence-electron chi connectivity index (χ4n) is 4.59. The van der Waals surface area contributed by atoms with E-state index in [0.717, 1.165) is 22.3 Å². The summed E-state index contributed by atoms with van der Waals surface area (Å²) in [6, 6.07) is 14.3. The van der Waals surface area contributed by atoms with Gasteiger partial charge in [-0.2, -0.15) is 0 Å². The Balaban J connectivity index is 1.40. The third-order valence-corrected chi connectivity index (χ3v) is 6.54. The monoisotopic (exact) mass is 529 g/mol. The van der Waals surface area contributed by atoms with Gasteiger partial charge < -0.3 is 44.7 Å². The van der Waals surface area contributed by atoms with Crippen LogP contribution >= 0.6 is 0 Å². The molecule has 1 saturated heterocycles. The Morgan fingerprint density at radius 3 is 2.21 bits per heavy atom. The standard InChI is InChI=1S/C27H31NO10/c1-2-11-35-25(33)20(14-36-26-24(32)23(31)22(30)21(12-29)38-26)28-27(34)37-13-19-17-9-5-3-7-15(17)16-8-4-6-10-18(16)19/h2-10,19-24,26,29-32H,1,11-14H2,(H,28,34)/t20-,21+,22+,23-,24+,26-/m0/s1. The maximum absolute atomic E-state index is 12.7. The number of aliphatic hydroxyl groups is 4. The average molecular weight is 530 g/mol. The molecular weight excluding hydrogens is 498 g/mol. The normalized spacial score (nSPS) is 25.1. The van der Waals surface area contributed by atoms with E-state index >= 15 is 0 Å². The van der Waals surface area contributed by atoms with Crippen LogP contribution in [0.1, 0.15) is 17.0 Å². The summed E-state index contributed by atoms with van der Waals surface area (Å²) in [6.45, 7) is 2.20. The number of amides is 1. The quantitative estimate of drug-likeness (QED) is 0.215. The third kappa shape index (κ3) is 5.88. The van der Waals surface area contributed by atoms with Gasteiger partial charge in [-0.15, -0.1) is 0 Å². The highest BCUT2D eigenvalue weighted by Crippen LogP contribution is 2.44. The van der Waals surface area contributed by atoms with Crippen LogP contribution in [-0.4, -0.2) is 95.7 Å². The van der Waals surface area contributed by atoms with Crippen molar-refractivity contribution in [2.45, 2.75) is 42.7 Å². The zero-order valence-electron chi connectivity index (χ0n) is 20.5. The van der Waals surface area contributed by atoms with E-state index < -0.39 is 62.0 Å². The highest BCUT2D eigenvalue weighted by atomic mass is 16.7. The lowest BCUT2D eigenvalue weighted by molar-refractivity contribution is -0.301. The molecule has 1 fully saturated rings. The molecule has 0 saturated carbocycles. The zero-order chi connectivity index (χ0) is 27.2. The summed E-state index contributed by atoms with van der Waals surface area (Å²) in [5, 5.41) is 41.8. The minimum absolute atomic E-state index is 0.0157. The molecule has 1 aliphatic carbocycles. The van der Waals surface area contributed by atoms with Crippen molar-refractivity contribution in [3.8, 4) is 11.1 Å². The van der Waals surface area contributed by atoms with Crippen molar-refractivity contribution in [1.82, 2.24) is 5.32 Å². The van der Waals surface area contributed by atoms with Crippen molar-refractivity contribution < 1.29 is 49.0 Å². The number of alkyl carbamates (subject to hydrolysis) is 1. The Hall–Kier alpha value is -3.32. The van der Waals surface area contributed by atoms with E-state index in [-0.39, 0.29) is 19.1 Å². The minimum Gasteiger partial charge on any atom is -0.460 e. The highest BCUT2D eigenvalue weighted by molar-refractivity contribution is 5.82. The van der Waals surface area contributed by atoms with Gasteiger partial charge in [0.15, 0.2) is 12.3 Å². The second-order valence-electron chi connectivity index (χ2n) is 8.97. The topological polar surface area (TPSA) is 164 Å². The van der Waals surface area contributed by atoms with Crippen LogP contribution in [0.25, 0.3) is 11.1 Å². The minimum atomic E-state index is -1.67. The molecule has 0 spiro atoms. The maximum atomic E-state index is 12.7. The number of esters is 1. The van der Waals surface area contributed by atoms with Crippen LogP contribution < -0.4 is 5.32 Å². The van der Waals surface area contributed by atoms with Gasteiger partial charge in [0.2, 0.25) is 0 Å². The predicted octanol–water partition coefficient (Wildman–Crippen LogP) is 0.439. The molecule has 5 N–H and O–H groups in total. The summed E-state index contributed by atoms with van der Waals surface area (Å²) in [6.07, 6.45) is -7.14. The number of ether oxygens (including phenoxy) is 4. The number of rotatable bonds is 10. The van der Waals surface area contributed by atoms with Crippen molar-refractivity contribution in [2.75, 3.05) is 26.4 Å². The van der Waals surface area contributed by atoms with Crippen LogP contribution in [0.4, 0.5) is 4.79 Å². The van der Waals surface area contributed by atoms with Crippen molar-refractivity contribution in [3.05, 3.63) is 72.3 Å². The summed E-state index contributed by atoms with van der Waals surface area (Å²) >= 11 is 0. The lowest BCUT2D eigenvalue weighted by Crippen LogP contribution is -2.60. The van der Waals surface area contributed by atoms with Gasteiger partial charge in [0.25, 0.3) is 0 Å². The van der Waals surface area contributed by atoms with Gasteiger partial charge >= 0.3 is 12.1 Å². The molecule has 6 atom stereocenters. The molecule has 4 rings (SSSR count). The second kappa shape index (κ2) is 12.5. The molecule has 2 aliphatic rings. The van der Waals surface area contributed by atoms with E-state index in [4.69, 9.17) is 18.9 Å². The van der Waals surface area contributed by atoms with E-state index in [1.54, 1.807) is 0 Å². The summed E-state index contributed by atoms with van der Waals surface area (Å²) < 4.78 is 21.2. The van der Waals surface area contributed by atoms with Crippen molar-refractivity contribution in [1.29, 1.82) is 0 Å². The van der Waals surface area contributed by atoms with Gasteiger partial charge in [-0.1, -0.05) is 61.2 Å². The van der Waals surface area contributed by atoms with Crippen LogP contribution in [0.3, 0.4) is 0 Å². The van der Waals surface area contributed by atoms with Crippen molar-refractivity contribution in [3.63, 3.8) is 0 Å². The molecule has 1 aliphatic heterocycles. The maximum Gasteiger partial charge on any atom is 0.407 e. The van der Waals surface area contributed by atoms with Crippen molar-refractivity contribution in [2.24, 2.45) is 0 Å². The number of carbonyl (C=O) groups is 2. The Labute approximate surface area is 219 Å². The molecule has 2 aromatic rings. The van der Waals surface area contributed by atoms with E-state index in [1.807, 2.05) is 48.5 Å². The smallest absolute Gasteiger partial charge is 0.407 e. The Morgan fingerprint density at radius 1 is 0.974 bits per heavy atom. The van der Waals surface area contributed by atoms with Crippen LogP contribution in [0.2, 0.25) is 0 Å². The lowest BCUT2D eigenvalue weighted by Gasteiger charge is -2.39.